The zero-order valence-electron chi connectivity index (χ0n) is 13.6. The third kappa shape index (κ3) is 9.38. The Bertz CT molecular complexity index is 181. The molecule has 0 rings (SSSR count). The minimum atomic E-state index is 0.489. The summed E-state index contributed by atoms with van der Waals surface area (Å²) in [6.45, 7) is 17.0. The summed E-state index contributed by atoms with van der Waals surface area (Å²) >= 11 is 0. The molecule has 0 spiro atoms. The van der Waals surface area contributed by atoms with Crippen molar-refractivity contribution in [3.63, 3.8) is 0 Å². The van der Waals surface area contributed by atoms with E-state index in [-0.39, 0.29) is 0 Å². The van der Waals surface area contributed by atoms with Gasteiger partial charge in [0.15, 0.2) is 0 Å². The van der Waals surface area contributed by atoms with Crippen LogP contribution in [0, 0.1) is 0 Å². The fourth-order valence-electron chi connectivity index (χ4n) is 2.03. The number of hydrogen-bond donors (Lipinski definition) is 1. The first-order valence-corrected chi connectivity index (χ1v) is 7.80. The molecule has 0 heterocycles. The van der Waals surface area contributed by atoms with Crippen molar-refractivity contribution < 1.29 is 9.47 Å². The van der Waals surface area contributed by atoms with Gasteiger partial charge in [-0.25, -0.2) is 0 Å². The van der Waals surface area contributed by atoms with Crippen molar-refractivity contribution in [2.45, 2.75) is 53.1 Å². The second-order valence-electron chi connectivity index (χ2n) is 4.91. The maximum atomic E-state index is 5.48. The van der Waals surface area contributed by atoms with Crippen molar-refractivity contribution >= 4 is 0 Å². The summed E-state index contributed by atoms with van der Waals surface area (Å²) in [5.74, 6) is 0. The van der Waals surface area contributed by atoms with E-state index in [1.807, 2.05) is 13.8 Å². The van der Waals surface area contributed by atoms with E-state index in [2.05, 4.69) is 31.0 Å². The van der Waals surface area contributed by atoms with Crippen LogP contribution in [0.1, 0.15) is 41.0 Å². The van der Waals surface area contributed by atoms with Gasteiger partial charge in [-0.05, 0) is 40.7 Å². The van der Waals surface area contributed by atoms with Crippen LogP contribution in [0.25, 0.3) is 0 Å². The average Bonchev–Trinajstić information content (AvgIpc) is 2.42. The Balaban J connectivity index is 4.17. The summed E-state index contributed by atoms with van der Waals surface area (Å²) in [5, 5.41) is 3.57. The van der Waals surface area contributed by atoms with Gasteiger partial charge in [-0.1, -0.05) is 6.92 Å². The molecule has 4 heteroatoms. The summed E-state index contributed by atoms with van der Waals surface area (Å²) in [4.78, 5) is 2.46. The molecule has 0 amide bonds. The van der Waals surface area contributed by atoms with Crippen LogP contribution in [0.4, 0.5) is 0 Å². The predicted molar refractivity (Wildman–Crippen MR) is 81.8 cm³/mol. The van der Waals surface area contributed by atoms with Crippen molar-refractivity contribution in [3.8, 4) is 0 Å². The van der Waals surface area contributed by atoms with E-state index in [9.17, 15) is 0 Å². The second kappa shape index (κ2) is 12.9. The molecule has 0 aromatic carbocycles. The Labute approximate surface area is 119 Å². The van der Waals surface area contributed by atoms with E-state index >= 15 is 0 Å². The van der Waals surface area contributed by atoms with E-state index in [1.165, 1.54) is 6.42 Å². The Morgan fingerprint density at radius 3 is 1.89 bits per heavy atom. The van der Waals surface area contributed by atoms with E-state index in [4.69, 9.17) is 9.47 Å². The molecular formula is C15H34N2O2. The molecule has 0 radical (unpaired) electrons. The second-order valence-corrected chi connectivity index (χ2v) is 4.91. The molecule has 0 saturated heterocycles. The van der Waals surface area contributed by atoms with E-state index in [1.54, 1.807) is 0 Å². The van der Waals surface area contributed by atoms with Gasteiger partial charge in [0, 0.05) is 38.4 Å². The van der Waals surface area contributed by atoms with Crippen molar-refractivity contribution in [2.24, 2.45) is 0 Å². The van der Waals surface area contributed by atoms with Crippen LogP contribution in [-0.2, 0) is 9.47 Å². The average molecular weight is 274 g/mol. The van der Waals surface area contributed by atoms with Crippen LogP contribution in [0.2, 0.25) is 0 Å². The highest BCUT2D eigenvalue weighted by Gasteiger charge is 2.19. The van der Waals surface area contributed by atoms with Crippen LogP contribution in [0.3, 0.4) is 0 Å². The van der Waals surface area contributed by atoms with E-state index < -0.39 is 0 Å². The van der Waals surface area contributed by atoms with Gasteiger partial charge in [-0.2, -0.15) is 0 Å². The molecule has 0 aliphatic heterocycles. The molecule has 0 aliphatic rings. The van der Waals surface area contributed by atoms with Crippen molar-refractivity contribution in [1.29, 1.82) is 0 Å². The molecule has 0 aliphatic carbocycles. The molecule has 116 valence electrons. The number of ether oxygens (including phenoxy) is 2. The van der Waals surface area contributed by atoms with Crippen molar-refractivity contribution in [2.75, 3.05) is 46.1 Å². The standard InChI is InChI=1S/C15H34N2O2/c1-6-9-16-14(4)15(5)17(10-12-18-7-2)11-13-19-8-3/h14-16H,6-13H2,1-5H3. The van der Waals surface area contributed by atoms with Crippen LogP contribution in [0.5, 0.6) is 0 Å². The Morgan fingerprint density at radius 1 is 0.947 bits per heavy atom. The van der Waals surface area contributed by atoms with Gasteiger partial charge in [0.05, 0.1) is 13.2 Å². The lowest BCUT2D eigenvalue weighted by Crippen LogP contribution is -2.49. The zero-order valence-corrected chi connectivity index (χ0v) is 13.6. The predicted octanol–water partition coefficient (Wildman–Crippen LogP) is 2.14. The molecule has 0 saturated carbocycles. The maximum absolute atomic E-state index is 5.48. The smallest absolute Gasteiger partial charge is 0.0593 e. The molecule has 0 aromatic heterocycles. The monoisotopic (exact) mass is 274 g/mol. The fourth-order valence-corrected chi connectivity index (χ4v) is 2.03. The number of nitrogens with zero attached hydrogens (tertiary/aromatic N) is 1. The molecule has 0 fully saturated rings. The minimum absolute atomic E-state index is 0.489. The molecule has 0 aromatic rings. The SMILES string of the molecule is CCCNC(C)C(C)N(CCOCC)CCOCC. The minimum Gasteiger partial charge on any atom is -0.380 e. The summed E-state index contributed by atoms with van der Waals surface area (Å²) in [5.41, 5.74) is 0. The summed E-state index contributed by atoms with van der Waals surface area (Å²) < 4.78 is 11.0. The van der Waals surface area contributed by atoms with Crippen LogP contribution in [-0.4, -0.2) is 63.0 Å². The highest BCUT2D eigenvalue weighted by molar-refractivity contribution is 4.77. The lowest BCUT2D eigenvalue weighted by molar-refractivity contribution is 0.0588. The summed E-state index contributed by atoms with van der Waals surface area (Å²) in [6, 6.07) is 0.982. The molecular weight excluding hydrogens is 240 g/mol. The molecule has 1 N–H and O–H groups in total. The first-order valence-electron chi connectivity index (χ1n) is 7.80. The molecule has 19 heavy (non-hydrogen) atoms. The topological polar surface area (TPSA) is 33.7 Å². The normalized spacial score (nSPS) is 14.8. The van der Waals surface area contributed by atoms with Crippen LogP contribution < -0.4 is 5.32 Å². The third-order valence-electron chi connectivity index (χ3n) is 3.47. The van der Waals surface area contributed by atoms with Crippen molar-refractivity contribution in [1.82, 2.24) is 10.2 Å². The van der Waals surface area contributed by atoms with Gasteiger partial charge < -0.3 is 14.8 Å². The van der Waals surface area contributed by atoms with Gasteiger partial charge in [0.25, 0.3) is 0 Å². The third-order valence-corrected chi connectivity index (χ3v) is 3.47. The first-order chi connectivity index (χ1) is 9.17. The summed E-state index contributed by atoms with van der Waals surface area (Å²) in [7, 11) is 0. The molecule has 2 atom stereocenters. The molecule has 2 unspecified atom stereocenters. The van der Waals surface area contributed by atoms with Crippen LogP contribution in [0.15, 0.2) is 0 Å². The first kappa shape index (κ1) is 18.8. The number of nitrogens with one attached hydrogen (secondary N) is 1. The summed E-state index contributed by atoms with van der Waals surface area (Å²) in [6.07, 6.45) is 1.18. The van der Waals surface area contributed by atoms with Gasteiger partial charge in [0.2, 0.25) is 0 Å². The largest absolute Gasteiger partial charge is 0.380 e. The molecule has 4 nitrogen and oxygen atoms in total. The Morgan fingerprint density at radius 2 is 1.47 bits per heavy atom. The van der Waals surface area contributed by atoms with Gasteiger partial charge in [0.1, 0.15) is 0 Å². The lowest BCUT2D eigenvalue weighted by atomic mass is 10.1. The van der Waals surface area contributed by atoms with Crippen molar-refractivity contribution in [3.05, 3.63) is 0 Å². The quantitative estimate of drug-likeness (QED) is 0.522. The number of hydrogen-bond acceptors (Lipinski definition) is 4. The lowest BCUT2D eigenvalue weighted by Gasteiger charge is -2.33. The van der Waals surface area contributed by atoms with E-state index in [0.717, 1.165) is 46.1 Å². The van der Waals surface area contributed by atoms with Gasteiger partial charge in [-0.3, -0.25) is 4.90 Å². The zero-order chi connectivity index (χ0) is 14.5. The Hall–Kier alpha value is -0.160. The fraction of sp³-hybridized carbons (Fsp3) is 1.00. The Kier molecular flexibility index (Phi) is 12.7. The van der Waals surface area contributed by atoms with E-state index in [0.29, 0.717) is 12.1 Å². The number of rotatable bonds is 13. The highest BCUT2D eigenvalue weighted by atomic mass is 16.5. The molecule has 0 bridgehead atoms. The van der Waals surface area contributed by atoms with Gasteiger partial charge in [-0.15, -0.1) is 0 Å². The van der Waals surface area contributed by atoms with Crippen LogP contribution >= 0.6 is 0 Å². The highest BCUT2D eigenvalue weighted by Crippen LogP contribution is 2.05. The maximum Gasteiger partial charge on any atom is 0.0593 e. The van der Waals surface area contributed by atoms with Gasteiger partial charge >= 0.3 is 0 Å².